The number of rotatable bonds is 2. The standard InChI is InChI=1S/C8H6ClNO2S/c1-12-8(11)6-3-2-5(9)4-7(6)10-13/h2-4H,1H3. The van der Waals surface area contributed by atoms with Crippen LogP contribution >= 0.6 is 11.6 Å². The first-order valence-corrected chi connectivity index (χ1v) is 4.14. The maximum atomic E-state index is 11.1. The van der Waals surface area contributed by atoms with Crippen molar-refractivity contribution in [2.45, 2.75) is 0 Å². The fraction of sp³-hybridized carbons (Fsp3) is 0.125. The lowest BCUT2D eigenvalue weighted by Gasteiger charge is -2.01. The molecule has 1 rings (SSSR count). The lowest BCUT2D eigenvalue weighted by atomic mass is 10.2. The molecule has 0 spiro atoms. The highest BCUT2D eigenvalue weighted by Crippen LogP contribution is 2.23. The van der Waals surface area contributed by atoms with Gasteiger partial charge in [0.15, 0.2) is 0 Å². The number of hydrogen-bond donors (Lipinski definition) is 0. The van der Waals surface area contributed by atoms with Gasteiger partial charge in [-0.15, -0.1) is 0 Å². The van der Waals surface area contributed by atoms with Gasteiger partial charge in [-0.3, -0.25) is 0 Å². The number of benzene rings is 1. The monoisotopic (exact) mass is 215 g/mol. The molecule has 0 aliphatic carbocycles. The van der Waals surface area contributed by atoms with Gasteiger partial charge >= 0.3 is 5.97 Å². The molecule has 68 valence electrons. The lowest BCUT2D eigenvalue weighted by molar-refractivity contribution is 0.0602. The van der Waals surface area contributed by atoms with E-state index in [0.717, 1.165) is 0 Å². The molecule has 13 heavy (non-hydrogen) atoms. The van der Waals surface area contributed by atoms with Crippen LogP contribution in [0.1, 0.15) is 10.4 Å². The van der Waals surface area contributed by atoms with E-state index >= 15 is 0 Å². The van der Waals surface area contributed by atoms with Crippen LogP contribution in [0.3, 0.4) is 0 Å². The van der Waals surface area contributed by atoms with Crippen LogP contribution in [0, 0.1) is 0 Å². The Kier molecular flexibility index (Phi) is 3.33. The zero-order valence-corrected chi connectivity index (χ0v) is 8.35. The smallest absolute Gasteiger partial charge is 0.340 e. The van der Waals surface area contributed by atoms with Crippen molar-refractivity contribution in [3.8, 4) is 0 Å². The minimum absolute atomic E-state index is 0.321. The first-order valence-electron chi connectivity index (χ1n) is 3.40. The molecule has 0 saturated carbocycles. The van der Waals surface area contributed by atoms with Crippen LogP contribution in [0.2, 0.25) is 5.02 Å². The summed E-state index contributed by atoms with van der Waals surface area (Å²) in [5.74, 6) is -0.472. The quantitative estimate of drug-likeness (QED) is 0.712. The fourth-order valence-corrected chi connectivity index (χ4v) is 1.18. The van der Waals surface area contributed by atoms with E-state index in [9.17, 15) is 4.79 Å². The Labute approximate surface area is 85.8 Å². The van der Waals surface area contributed by atoms with Crippen LogP contribution in [0.4, 0.5) is 5.69 Å². The van der Waals surface area contributed by atoms with Crippen LogP contribution in [-0.4, -0.2) is 13.1 Å². The highest BCUT2D eigenvalue weighted by molar-refractivity contribution is 7.47. The summed E-state index contributed by atoms with van der Waals surface area (Å²) in [5, 5.41) is 0.483. The highest BCUT2D eigenvalue weighted by Gasteiger charge is 2.10. The average molecular weight is 216 g/mol. The summed E-state index contributed by atoms with van der Waals surface area (Å²) < 4.78 is 8.03. The second-order valence-electron chi connectivity index (χ2n) is 2.24. The number of nitrogens with zero attached hydrogens (tertiary/aromatic N) is 1. The Morgan fingerprint density at radius 3 is 2.85 bits per heavy atom. The molecule has 0 saturated heterocycles. The zero-order chi connectivity index (χ0) is 9.84. The van der Waals surface area contributed by atoms with E-state index in [2.05, 4.69) is 21.5 Å². The number of esters is 1. The Morgan fingerprint density at radius 2 is 2.31 bits per heavy atom. The van der Waals surface area contributed by atoms with E-state index in [1.54, 1.807) is 6.07 Å². The Bertz CT molecular complexity index is 354. The summed E-state index contributed by atoms with van der Waals surface area (Å²) in [6.45, 7) is 0. The summed E-state index contributed by atoms with van der Waals surface area (Å²) in [6.07, 6.45) is 0. The van der Waals surface area contributed by atoms with Crippen molar-refractivity contribution in [1.82, 2.24) is 0 Å². The molecule has 0 aliphatic rings. The average Bonchev–Trinajstić information content (AvgIpc) is 2.16. The molecular weight excluding hydrogens is 210 g/mol. The number of carbonyl (C=O) groups is 1. The highest BCUT2D eigenvalue weighted by atomic mass is 35.5. The van der Waals surface area contributed by atoms with E-state index in [4.69, 9.17) is 11.6 Å². The molecule has 0 aliphatic heterocycles. The number of hydrogen-bond acceptors (Lipinski definition) is 4. The minimum atomic E-state index is -0.472. The van der Waals surface area contributed by atoms with Crippen molar-refractivity contribution in [2.24, 2.45) is 4.36 Å². The number of halogens is 1. The summed E-state index contributed by atoms with van der Waals surface area (Å²) >= 11 is 10.2. The largest absolute Gasteiger partial charge is 0.465 e. The third-order valence-electron chi connectivity index (χ3n) is 1.46. The summed E-state index contributed by atoms with van der Waals surface area (Å²) in [6, 6.07) is 4.62. The lowest BCUT2D eigenvalue weighted by Crippen LogP contribution is -2.00. The Morgan fingerprint density at radius 1 is 1.62 bits per heavy atom. The molecular formula is C8H6ClNO2S. The van der Waals surface area contributed by atoms with Gasteiger partial charge in [0.1, 0.15) is 0 Å². The first kappa shape index (κ1) is 10.1. The second-order valence-corrected chi connectivity index (χ2v) is 2.86. The van der Waals surface area contributed by atoms with Crippen LogP contribution in [-0.2, 0) is 17.2 Å². The molecule has 0 fully saturated rings. The maximum absolute atomic E-state index is 11.1. The Balaban J connectivity index is 3.20. The van der Waals surface area contributed by atoms with Gasteiger partial charge in [0.05, 0.1) is 18.4 Å². The van der Waals surface area contributed by atoms with Gasteiger partial charge in [-0.2, -0.15) is 4.36 Å². The van der Waals surface area contributed by atoms with Gasteiger partial charge < -0.3 is 4.74 Å². The SMILES string of the molecule is COC(=O)c1ccc(Cl)cc1N=S. The molecule has 0 amide bonds. The molecule has 0 atom stereocenters. The van der Waals surface area contributed by atoms with E-state index < -0.39 is 5.97 Å². The minimum Gasteiger partial charge on any atom is -0.465 e. The third kappa shape index (κ3) is 2.23. The van der Waals surface area contributed by atoms with Crippen molar-refractivity contribution in [3.63, 3.8) is 0 Å². The summed E-state index contributed by atoms with van der Waals surface area (Å²) in [7, 11) is 1.30. The van der Waals surface area contributed by atoms with Gasteiger partial charge in [0.25, 0.3) is 0 Å². The molecule has 1 aromatic rings. The van der Waals surface area contributed by atoms with Gasteiger partial charge in [0.2, 0.25) is 0 Å². The maximum Gasteiger partial charge on any atom is 0.340 e. The normalized spacial score (nSPS) is 9.38. The van der Waals surface area contributed by atoms with Crippen molar-refractivity contribution in [1.29, 1.82) is 0 Å². The molecule has 3 nitrogen and oxygen atoms in total. The van der Waals surface area contributed by atoms with Crippen molar-refractivity contribution in [3.05, 3.63) is 28.8 Å². The van der Waals surface area contributed by atoms with Gasteiger partial charge in [-0.05, 0) is 18.2 Å². The van der Waals surface area contributed by atoms with Crippen molar-refractivity contribution < 1.29 is 9.53 Å². The van der Waals surface area contributed by atoms with Crippen LogP contribution in [0.5, 0.6) is 0 Å². The van der Waals surface area contributed by atoms with Gasteiger partial charge in [-0.1, -0.05) is 11.6 Å². The van der Waals surface area contributed by atoms with Crippen LogP contribution in [0.25, 0.3) is 0 Å². The molecule has 1 aromatic carbocycles. The van der Waals surface area contributed by atoms with E-state index in [1.807, 2.05) is 0 Å². The molecule has 0 unspecified atom stereocenters. The molecule has 0 aromatic heterocycles. The number of methoxy groups -OCH3 is 1. The molecule has 0 heterocycles. The fourth-order valence-electron chi connectivity index (χ4n) is 0.863. The third-order valence-corrected chi connectivity index (χ3v) is 1.90. The first-order chi connectivity index (χ1) is 6.19. The predicted octanol–water partition coefficient (Wildman–Crippen LogP) is 2.49. The summed E-state index contributed by atoms with van der Waals surface area (Å²) in [4.78, 5) is 11.1. The van der Waals surface area contributed by atoms with Crippen molar-refractivity contribution in [2.75, 3.05) is 7.11 Å². The molecule has 0 N–H and O–H groups in total. The van der Waals surface area contributed by atoms with Crippen molar-refractivity contribution >= 4 is 35.7 Å². The van der Waals surface area contributed by atoms with Gasteiger partial charge in [0, 0.05) is 17.4 Å². The van der Waals surface area contributed by atoms with E-state index in [-0.39, 0.29) is 0 Å². The van der Waals surface area contributed by atoms with Crippen LogP contribution in [0.15, 0.2) is 22.6 Å². The number of carbonyl (C=O) groups excluding carboxylic acids is 1. The predicted molar refractivity (Wildman–Crippen MR) is 52.2 cm³/mol. The van der Waals surface area contributed by atoms with E-state index in [1.165, 1.54) is 19.2 Å². The molecule has 0 radical (unpaired) electrons. The van der Waals surface area contributed by atoms with Gasteiger partial charge in [-0.25, -0.2) is 4.79 Å². The molecule has 5 heteroatoms. The number of ether oxygens (including phenoxy) is 1. The second kappa shape index (κ2) is 4.30. The molecule has 0 bridgehead atoms. The summed E-state index contributed by atoms with van der Waals surface area (Å²) in [5.41, 5.74) is 0.677. The topological polar surface area (TPSA) is 38.7 Å². The Hall–Kier alpha value is -1.00. The van der Waals surface area contributed by atoms with E-state index in [0.29, 0.717) is 16.3 Å². The zero-order valence-electron chi connectivity index (χ0n) is 6.78. The van der Waals surface area contributed by atoms with Crippen LogP contribution < -0.4 is 0 Å².